The van der Waals surface area contributed by atoms with Gasteiger partial charge in [-0.2, -0.15) is 0 Å². The molecule has 0 atom stereocenters. The Bertz CT molecular complexity index is 342. The second-order valence-electron chi connectivity index (χ2n) is 3.57. The molecule has 0 radical (unpaired) electrons. The summed E-state index contributed by atoms with van der Waals surface area (Å²) in [6, 6.07) is 0. The van der Waals surface area contributed by atoms with Crippen molar-refractivity contribution in [1.82, 2.24) is 0 Å². The third-order valence-electron chi connectivity index (χ3n) is 2.38. The number of Topliss-reactive ketones (excluding diaryl/α,β-unsaturated/α-hetero) is 1. The highest BCUT2D eigenvalue weighted by Gasteiger charge is 2.24. The number of aliphatic hydroxyl groups is 1. The van der Waals surface area contributed by atoms with Crippen molar-refractivity contribution in [2.24, 2.45) is 5.16 Å². The Kier molecular flexibility index (Phi) is 4.76. The molecule has 1 aliphatic carbocycles. The summed E-state index contributed by atoms with van der Waals surface area (Å²) in [5.41, 5.74) is 0.863. The van der Waals surface area contributed by atoms with E-state index < -0.39 is 0 Å². The van der Waals surface area contributed by atoms with Crippen LogP contribution in [0.4, 0.5) is 0 Å². The molecule has 16 heavy (non-hydrogen) atoms. The third-order valence-corrected chi connectivity index (χ3v) is 2.38. The molecule has 0 fully saturated rings. The van der Waals surface area contributed by atoms with Crippen LogP contribution in [0.3, 0.4) is 0 Å². The van der Waals surface area contributed by atoms with Crippen LogP contribution in [-0.2, 0) is 9.63 Å². The van der Waals surface area contributed by atoms with Gasteiger partial charge in [-0.15, -0.1) is 0 Å². The van der Waals surface area contributed by atoms with Gasteiger partial charge in [-0.3, -0.25) is 4.79 Å². The van der Waals surface area contributed by atoms with E-state index in [9.17, 15) is 9.90 Å². The number of carbonyl (C=O) groups is 1. The Hall–Kier alpha value is -1.58. The van der Waals surface area contributed by atoms with E-state index in [0.717, 1.165) is 0 Å². The monoisotopic (exact) mass is 223 g/mol. The predicted octanol–water partition coefficient (Wildman–Crippen LogP) is 2.52. The van der Waals surface area contributed by atoms with E-state index in [1.54, 1.807) is 6.08 Å². The van der Waals surface area contributed by atoms with Crippen molar-refractivity contribution in [1.29, 1.82) is 0 Å². The Morgan fingerprint density at radius 1 is 1.62 bits per heavy atom. The van der Waals surface area contributed by atoms with E-state index in [1.165, 1.54) is 0 Å². The van der Waals surface area contributed by atoms with Gasteiger partial charge in [0.2, 0.25) is 0 Å². The molecule has 1 rings (SSSR count). The van der Waals surface area contributed by atoms with Crippen molar-refractivity contribution in [2.45, 2.75) is 32.6 Å². The average molecular weight is 223 g/mol. The van der Waals surface area contributed by atoms with Crippen LogP contribution in [0.5, 0.6) is 0 Å². The standard InChI is InChI=1S/C12H17NO3/c1-3-8-16-13-9(4-2)12-10(14)6-5-7-11(12)15/h3,14H,1,4-8H2,2H3. The molecule has 0 aliphatic heterocycles. The van der Waals surface area contributed by atoms with Gasteiger partial charge in [0.15, 0.2) is 5.78 Å². The summed E-state index contributed by atoms with van der Waals surface area (Å²) in [4.78, 5) is 16.6. The lowest BCUT2D eigenvalue weighted by Crippen LogP contribution is -2.19. The van der Waals surface area contributed by atoms with Crippen LogP contribution in [0.1, 0.15) is 32.6 Å². The van der Waals surface area contributed by atoms with Crippen LogP contribution in [0, 0.1) is 0 Å². The molecule has 0 aromatic heterocycles. The van der Waals surface area contributed by atoms with E-state index in [2.05, 4.69) is 11.7 Å². The van der Waals surface area contributed by atoms with Crippen molar-refractivity contribution >= 4 is 11.5 Å². The summed E-state index contributed by atoms with van der Waals surface area (Å²) in [5.74, 6) is 0.0885. The molecule has 0 aromatic carbocycles. The molecule has 0 saturated carbocycles. The van der Waals surface area contributed by atoms with E-state index in [4.69, 9.17) is 4.84 Å². The first-order chi connectivity index (χ1) is 7.70. The largest absolute Gasteiger partial charge is 0.511 e. The fourth-order valence-electron chi connectivity index (χ4n) is 1.61. The maximum Gasteiger partial charge on any atom is 0.168 e. The van der Waals surface area contributed by atoms with Gasteiger partial charge in [-0.1, -0.05) is 24.7 Å². The molecular weight excluding hydrogens is 206 g/mol. The molecule has 0 bridgehead atoms. The van der Waals surface area contributed by atoms with Gasteiger partial charge in [0.25, 0.3) is 0 Å². The average Bonchev–Trinajstić information content (AvgIpc) is 2.26. The van der Waals surface area contributed by atoms with E-state index in [1.807, 2.05) is 6.92 Å². The summed E-state index contributed by atoms with van der Waals surface area (Å²) < 4.78 is 0. The highest BCUT2D eigenvalue weighted by atomic mass is 16.6. The van der Waals surface area contributed by atoms with Crippen LogP contribution in [0.25, 0.3) is 0 Å². The molecule has 1 aliphatic rings. The highest BCUT2D eigenvalue weighted by molar-refractivity contribution is 6.22. The lowest BCUT2D eigenvalue weighted by molar-refractivity contribution is -0.115. The second-order valence-corrected chi connectivity index (χ2v) is 3.57. The number of aliphatic hydroxyl groups excluding tert-OH is 1. The van der Waals surface area contributed by atoms with E-state index >= 15 is 0 Å². The second kappa shape index (κ2) is 6.10. The highest BCUT2D eigenvalue weighted by Crippen LogP contribution is 2.22. The lowest BCUT2D eigenvalue weighted by Gasteiger charge is -2.15. The SMILES string of the molecule is C=CCON=C(CC)C1=C(O)CCCC1=O. The fraction of sp³-hybridized carbons (Fsp3) is 0.500. The molecule has 0 saturated heterocycles. The number of rotatable bonds is 5. The first-order valence-electron chi connectivity index (χ1n) is 5.46. The number of allylic oxidation sites excluding steroid dienone is 2. The van der Waals surface area contributed by atoms with Crippen molar-refractivity contribution in [2.75, 3.05) is 6.61 Å². The van der Waals surface area contributed by atoms with E-state index in [-0.39, 0.29) is 11.5 Å². The summed E-state index contributed by atoms with van der Waals surface area (Å²) in [6.07, 6.45) is 3.86. The van der Waals surface area contributed by atoms with Crippen molar-refractivity contribution < 1.29 is 14.7 Å². The number of hydrogen-bond acceptors (Lipinski definition) is 4. The van der Waals surface area contributed by atoms with E-state index in [0.29, 0.717) is 43.6 Å². The number of hydrogen-bond donors (Lipinski definition) is 1. The molecule has 0 spiro atoms. The van der Waals surface area contributed by atoms with Gasteiger partial charge in [-0.05, 0) is 12.8 Å². The Morgan fingerprint density at radius 2 is 2.38 bits per heavy atom. The van der Waals surface area contributed by atoms with Gasteiger partial charge >= 0.3 is 0 Å². The smallest absolute Gasteiger partial charge is 0.168 e. The van der Waals surface area contributed by atoms with Crippen LogP contribution in [0.2, 0.25) is 0 Å². The first kappa shape index (κ1) is 12.5. The zero-order valence-electron chi connectivity index (χ0n) is 9.53. The van der Waals surface area contributed by atoms with Gasteiger partial charge in [0.05, 0.1) is 11.3 Å². The van der Waals surface area contributed by atoms with Crippen LogP contribution >= 0.6 is 0 Å². The summed E-state index contributed by atoms with van der Waals surface area (Å²) in [5, 5.41) is 13.6. The summed E-state index contributed by atoms with van der Waals surface area (Å²) >= 11 is 0. The van der Waals surface area contributed by atoms with Gasteiger partial charge in [-0.25, -0.2) is 0 Å². The quantitative estimate of drug-likeness (QED) is 0.337. The third kappa shape index (κ3) is 2.95. The maximum absolute atomic E-state index is 11.7. The molecule has 0 amide bonds. The van der Waals surface area contributed by atoms with Gasteiger partial charge in [0.1, 0.15) is 12.4 Å². The first-order valence-corrected chi connectivity index (χ1v) is 5.46. The van der Waals surface area contributed by atoms with Crippen LogP contribution < -0.4 is 0 Å². The Balaban J connectivity index is 2.89. The molecule has 0 aromatic rings. The normalized spacial score (nSPS) is 17.6. The van der Waals surface area contributed by atoms with Crippen molar-refractivity contribution in [3.05, 3.63) is 24.0 Å². The van der Waals surface area contributed by atoms with Crippen LogP contribution in [0.15, 0.2) is 29.1 Å². The molecule has 4 heteroatoms. The molecule has 4 nitrogen and oxygen atoms in total. The Labute approximate surface area is 95.3 Å². The summed E-state index contributed by atoms with van der Waals surface area (Å²) in [6.45, 7) is 5.67. The zero-order chi connectivity index (χ0) is 12.0. The number of ketones is 1. The molecule has 0 heterocycles. The van der Waals surface area contributed by atoms with Gasteiger partial charge < -0.3 is 9.94 Å². The fourth-order valence-corrected chi connectivity index (χ4v) is 1.61. The molecule has 1 N–H and O–H groups in total. The van der Waals surface area contributed by atoms with Gasteiger partial charge in [0, 0.05) is 12.8 Å². The maximum atomic E-state index is 11.7. The number of carbonyl (C=O) groups excluding carboxylic acids is 1. The van der Waals surface area contributed by atoms with Crippen LogP contribution in [-0.4, -0.2) is 23.2 Å². The van der Waals surface area contributed by atoms with Crippen molar-refractivity contribution in [3.8, 4) is 0 Å². The number of oxime groups is 1. The lowest BCUT2D eigenvalue weighted by atomic mass is 9.92. The molecule has 0 unspecified atom stereocenters. The topological polar surface area (TPSA) is 58.9 Å². The zero-order valence-corrected chi connectivity index (χ0v) is 9.53. The number of nitrogens with zero attached hydrogens (tertiary/aromatic N) is 1. The van der Waals surface area contributed by atoms with Crippen molar-refractivity contribution in [3.63, 3.8) is 0 Å². The minimum absolute atomic E-state index is 0.0495. The minimum atomic E-state index is -0.0495. The molecule has 88 valence electrons. The minimum Gasteiger partial charge on any atom is -0.511 e. The molecular formula is C12H17NO3. The Morgan fingerprint density at radius 3 is 2.94 bits per heavy atom. The summed E-state index contributed by atoms with van der Waals surface area (Å²) in [7, 11) is 0. The predicted molar refractivity (Wildman–Crippen MR) is 62.4 cm³/mol.